The summed E-state index contributed by atoms with van der Waals surface area (Å²) in [6.45, 7) is 8.73. The van der Waals surface area contributed by atoms with Crippen LogP contribution < -0.4 is 0 Å². The highest BCUT2D eigenvalue weighted by atomic mass is 35.5. The molecule has 33 heavy (non-hydrogen) atoms. The van der Waals surface area contributed by atoms with E-state index in [2.05, 4.69) is 25.1 Å². The van der Waals surface area contributed by atoms with Gasteiger partial charge in [-0.05, 0) is 51.8 Å². The normalized spacial score (nSPS) is 14.2. The second-order valence-corrected chi connectivity index (χ2v) is 9.89. The predicted molar refractivity (Wildman–Crippen MR) is 134 cm³/mol. The molecule has 4 rings (SSSR count). The molecule has 1 aliphatic rings. The first-order valence-corrected chi connectivity index (χ1v) is 11.7. The Morgan fingerprint density at radius 2 is 1.70 bits per heavy atom. The standard InChI is InChI=1S/C26H27Cl2N3O2/c1-17-22(18-13-15-30(16-14-18)25(32)33-26(2,3)4)29-31(23(17)19-9-6-5-7-10-19)24-20(27)11-8-12-21(24)28/h5-13H,14-16H2,1-4H3. The van der Waals surface area contributed by atoms with E-state index in [0.29, 0.717) is 35.2 Å². The quantitative estimate of drug-likeness (QED) is 0.396. The topological polar surface area (TPSA) is 47.4 Å². The Labute approximate surface area is 204 Å². The number of amides is 1. The highest BCUT2D eigenvalue weighted by Gasteiger charge is 2.27. The van der Waals surface area contributed by atoms with Crippen LogP contribution in [0.2, 0.25) is 10.0 Å². The van der Waals surface area contributed by atoms with Crippen LogP contribution in [-0.2, 0) is 4.74 Å². The van der Waals surface area contributed by atoms with Gasteiger partial charge in [-0.25, -0.2) is 9.48 Å². The highest BCUT2D eigenvalue weighted by Crippen LogP contribution is 2.37. The van der Waals surface area contributed by atoms with Gasteiger partial charge in [0.2, 0.25) is 0 Å². The van der Waals surface area contributed by atoms with Gasteiger partial charge in [0, 0.05) is 24.2 Å². The van der Waals surface area contributed by atoms with Crippen LogP contribution in [0, 0.1) is 6.92 Å². The van der Waals surface area contributed by atoms with Gasteiger partial charge >= 0.3 is 6.09 Å². The van der Waals surface area contributed by atoms with Crippen LogP contribution in [0.5, 0.6) is 0 Å². The van der Waals surface area contributed by atoms with Crippen molar-refractivity contribution in [3.05, 3.63) is 75.9 Å². The minimum Gasteiger partial charge on any atom is -0.444 e. The lowest BCUT2D eigenvalue weighted by molar-refractivity contribution is 0.0270. The van der Waals surface area contributed by atoms with E-state index < -0.39 is 5.60 Å². The molecule has 1 aliphatic heterocycles. The van der Waals surface area contributed by atoms with E-state index >= 15 is 0 Å². The molecule has 1 aromatic heterocycles. The molecular formula is C26H27Cl2N3O2. The van der Waals surface area contributed by atoms with Crippen LogP contribution in [0.4, 0.5) is 4.79 Å². The first-order valence-electron chi connectivity index (χ1n) is 10.9. The molecule has 172 valence electrons. The molecule has 0 N–H and O–H groups in total. The lowest BCUT2D eigenvalue weighted by atomic mass is 9.99. The van der Waals surface area contributed by atoms with E-state index in [0.717, 1.165) is 28.1 Å². The van der Waals surface area contributed by atoms with E-state index in [1.54, 1.807) is 4.90 Å². The Morgan fingerprint density at radius 3 is 2.27 bits per heavy atom. The van der Waals surface area contributed by atoms with Gasteiger partial charge in [0.15, 0.2) is 0 Å². The number of rotatable bonds is 3. The first kappa shape index (κ1) is 23.4. The summed E-state index contributed by atoms with van der Waals surface area (Å²) in [6, 6.07) is 15.5. The number of carbonyl (C=O) groups is 1. The second kappa shape index (κ2) is 9.24. The maximum atomic E-state index is 12.5. The van der Waals surface area contributed by atoms with Crippen LogP contribution in [0.3, 0.4) is 0 Å². The van der Waals surface area contributed by atoms with Crippen molar-refractivity contribution in [3.63, 3.8) is 0 Å². The SMILES string of the molecule is Cc1c(C2=CCN(C(=O)OC(C)(C)C)CC2)nn(-c2c(Cl)cccc2Cl)c1-c1ccccc1. The van der Waals surface area contributed by atoms with Crippen LogP contribution >= 0.6 is 23.2 Å². The molecule has 0 saturated heterocycles. The van der Waals surface area contributed by atoms with Crippen LogP contribution in [-0.4, -0.2) is 39.5 Å². The molecular weight excluding hydrogens is 457 g/mol. The largest absolute Gasteiger partial charge is 0.444 e. The third-order valence-electron chi connectivity index (χ3n) is 5.48. The predicted octanol–water partition coefficient (Wildman–Crippen LogP) is 7.18. The molecule has 0 unspecified atom stereocenters. The minimum atomic E-state index is -0.519. The Hall–Kier alpha value is -2.76. The summed E-state index contributed by atoms with van der Waals surface area (Å²) in [4.78, 5) is 14.2. The lowest BCUT2D eigenvalue weighted by Gasteiger charge is -2.29. The second-order valence-electron chi connectivity index (χ2n) is 9.08. The molecule has 0 atom stereocenters. The zero-order valence-corrected chi connectivity index (χ0v) is 20.7. The van der Waals surface area contributed by atoms with Gasteiger partial charge in [0.25, 0.3) is 0 Å². The molecule has 0 aliphatic carbocycles. The summed E-state index contributed by atoms with van der Waals surface area (Å²) >= 11 is 13.1. The lowest BCUT2D eigenvalue weighted by Crippen LogP contribution is -2.39. The number of hydrogen-bond acceptors (Lipinski definition) is 3. The van der Waals surface area contributed by atoms with E-state index in [4.69, 9.17) is 33.0 Å². The summed E-state index contributed by atoms with van der Waals surface area (Å²) in [6.07, 6.45) is 2.44. The van der Waals surface area contributed by atoms with Gasteiger partial charge in [0.1, 0.15) is 11.3 Å². The molecule has 0 spiro atoms. The van der Waals surface area contributed by atoms with Gasteiger partial charge in [-0.1, -0.05) is 65.7 Å². The molecule has 3 aromatic rings. The van der Waals surface area contributed by atoms with E-state index in [1.165, 1.54) is 0 Å². The molecule has 0 bridgehead atoms. The molecule has 0 saturated carbocycles. The number of halogens is 2. The molecule has 5 nitrogen and oxygen atoms in total. The number of ether oxygens (including phenoxy) is 1. The Balaban J connectivity index is 1.75. The monoisotopic (exact) mass is 483 g/mol. The fourth-order valence-corrected chi connectivity index (χ4v) is 4.52. The molecule has 2 heterocycles. The highest BCUT2D eigenvalue weighted by molar-refractivity contribution is 6.37. The van der Waals surface area contributed by atoms with E-state index in [9.17, 15) is 4.79 Å². The molecule has 2 aromatic carbocycles. The number of hydrogen-bond donors (Lipinski definition) is 0. The number of benzene rings is 2. The molecule has 1 amide bonds. The van der Waals surface area contributed by atoms with E-state index in [1.807, 2.05) is 61.9 Å². The maximum Gasteiger partial charge on any atom is 0.410 e. The maximum absolute atomic E-state index is 12.5. The average Bonchev–Trinajstić information content (AvgIpc) is 3.10. The van der Waals surface area contributed by atoms with Crippen molar-refractivity contribution in [2.75, 3.05) is 13.1 Å². The summed E-state index contributed by atoms with van der Waals surface area (Å²) in [5, 5.41) is 6.04. The van der Waals surface area contributed by atoms with Crippen molar-refractivity contribution >= 4 is 34.9 Å². The van der Waals surface area contributed by atoms with Crippen LogP contribution in [0.25, 0.3) is 22.5 Å². The van der Waals surface area contributed by atoms with Crippen molar-refractivity contribution in [2.24, 2.45) is 0 Å². The van der Waals surface area contributed by atoms with Crippen LogP contribution in [0.1, 0.15) is 38.4 Å². The fourth-order valence-electron chi connectivity index (χ4n) is 3.97. The smallest absolute Gasteiger partial charge is 0.410 e. The van der Waals surface area contributed by atoms with Crippen molar-refractivity contribution in [2.45, 2.75) is 39.7 Å². The van der Waals surface area contributed by atoms with Gasteiger partial charge in [-0.3, -0.25) is 0 Å². The van der Waals surface area contributed by atoms with Crippen molar-refractivity contribution < 1.29 is 9.53 Å². The zero-order valence-electron chi connectivity index (χ0n) is 19.2. The summed E-state index contributed by atoms with van der Waals surface area (Å²) in [7, 11) is 0. The van der Waals surface area contributed by atoms with Gasteiger partial charge < -0.3 is 9.64 Å². The number of aromatic nitrogens is 2. The Kier molecular flexibility index (Phi) is 6.55. The first-order chi connectivity index (χ1) is 15.7. The minimum absolute atomic E-state index is 0.298. The van der Waals surface area contributed by atoms with Crippen molar-refractivity contribution in [1.82, 2.24) is 14.7 Å². The zero-order chi connectivity index (χ0) is 23.8. The van der Waals surface area contributed by atoms with Gasteiger partial charge in [-0.15, -0.1) is 0 Å². The Bertz CT molecular complexity index is 1190. The van der Waals surface area contributed by atoms with E-state index in [-0.39, 0.29) is 6.09 Å². The van der Waals surface area contributed by atoms with Gasteiger partial charge in [0.05, 0.1) is 21.4 Å². The third kappa shape index (κ3) is 4.94. The van der Waals surface area contributed by atoms with Crippen molar-refractivity contribution in [1.29, 1.82) is 0 Å². The fraction of sp³-hybridized carbons (Fsp3) is 0.308. The summed E-state index contributed by atoms with van der Waals surface area (Å²) in [5.41, 5.74) is 5.11. The average molecular weight is 484 g/mol. The summed E-state index contributed by atoms with van der Waals surface area (Å²) in [5.74, 6) is 0. The number of carbonyl (C=O) groups excluding carboxylic acids is 1. The number of para-hydroxylation sites is 1. The van der Waals surface area contributed by atoms with Gasteiger partial charge in [-0.2, -0.15) is 5.10 Å². The molecule has 0 radical (unpaired) electrons. The number of nitrogens with zero attached hydrogens (tertiary/aromatic N) is 3. The third-order valence-corrected chi connectivity index (χ3v) is 6.09. The van der Waals surface area contributed by atoms with Crippen LogP contribution in [0.15, 0.2) is 54.6 Å². The van der Waals surface area contributed by atoms with Crippen molar-refractivity contribution in [3.8, 4) is 16.9 Å². The molecule has 7 heteroatoms. The summed E-state index contributed by atoms with van der Waals surface area (Å²) < 4.78 is 7.35. The Morgan fingerprint density at radius 1 is 1.03 bits per heavy atom. The molecule has 0 fully saturated rings.